The predicted molar refractivity (Wildman–Crippen MR) is 92.2 cm³/mol. The number of benzene rings is 2. The normalized spacial score (nSPS) is 12.7. The van der Waals surface area contributed by atoms with Gasteiger partial charge < -0.3 is 9.47 Å². The Balaban J connectivity index is 2.49. The summed E-state index contributed by atoms with van der Waals surface area (Å²) in [5, 5.41) is 0. The van der Waals surface area contributed by atoms with Crippen molar-refractivity contribution in [1.82, 2.24) is 0 Å². The first-order valence-corrected chi connectivity index (χ1v) is 9.54. The summed E-state index contributed by atoms with van der Waals surface area (Å²) in [6.07, 6.45) is 1.26. The van der Waals surface area contributed by atoms with E-state index in [4.69, 9.17) is 9.47 Å². The van der Waals surface area contributed by atoms with Gasteiger partial charge in [-0.25, -0.2) is 8.42 Å². The topological polar surface area (TPSA) is 52.6 Å². The maximum Gasteiger partial charge on any atom is 0.161 e. The van der Waals surface area contributed by atoms with Crippen molar-refractivity contribution in [2.45, 2.75) is 12.8 Å². The molecule has 0 saturated heterocycles. The van der Waals surface area contributed by atoms with Gasteiger partial charge in [-0.2, -0.15) is 0 Å². The highest BCUT2D eigenvalue weighted by Gasteiger charge is 2.21. The maximum absolute atomic E-state index is 11.9. The second kappa shape index (κ2) is 7.51. The van der Waals surface area contributed by atoms with E-state index in [9.17, 15) is 8.42 Å². The Hall–Kier alpha value is -2.01. The zero-order valence-electron chi connectivity index (χ0n) is 13.7. The molecule has 0 heterocycles. The van der Waals surface area contributed by atoms with Gasteiger partial charge in [0.25, 0.3) is 0 Å². The zero-order valence-corrected chi connectivity index (χ0v) is 14.5. The minimum Gasteiger partial charge on any atom is -0.493 e. The fourth-order valence-corrected chi connectivity index (χ4v) is 3.54. The summed E-state index contributed by atoms with van der Waals surface area (Å²) in [6, 6.07) is 15.2. The Morgan fingerprint density at radius 1 is 1.00 bits per heavy atom. The van der Waals surface area contributed by atoms with Crippen molar-refractivity contribution in [1.29, 1.82) is 0 Å². The van der Waals surface area contributed by atoms with Crippen molar-refractivity contribution in [2.24, 2.45) is 0 Å². The lowest BCUT2D eigenvalue weighted by Crippen LogP contribution is -2.15. The largest absolute Gasteiger partial charge is 0.493 e. The van der Waals surface area contributed by atoms with E-state index < -0.39 is 9.84 Å². The molecule has 4 nitrogen and oxygen atoms in total. The van der Waals surface area contributed by atoms with E-state index in [-0.39, 0.29) is 11.7 Å². The van der Waals surface area contributed by atoms with Gasteiger partial charge in [-0.3, -0.25) is 0 Å². The highest BCUT2D eigenvalue weighted by Crippen LogP contribution is 2.34. The van der Waals surface area contributed by atoms with Gasteiger partial charge in [0.2, 0.25) is 0 Å². The first kappa shape index (κ1) is 17.3. The van der Waals surface area contributed by atoms with Crippen LogP contribution >= 0.6 is 0 Å². The zero-order chi connectivity index (χ0) is 16.9. The first-order valence-electron chi connectivity index (χ1n) is 7.48. The van der Waals surface area contributed by atoms with Crippen LogP contribution in [0.2, 0.25) is 0 Å². The number of rotatable bonds is 7. The summed E-state index contributed by atoms with van der Waals surface area (Å²) in [4.78, 5) is 0. The number of sulfone groups is 1. The third-order valence-corrected chi connectivity index (χ3v) is 4.50. The van der Waals surface area contributed by atoms with Crippen LogP contribution in [0, 0.1) is 0 Å². The van der Waals surface area contributed by atoms with Gasteiger partial charge in [-0.15, -0.1) is 0 Å². The lowest BCUT2D eigenvalue weighted by molar-refractivity contribution is 0.310. The van der Waals surface area contributed by atoms with Gasteiger partial charge in [-0.05, 0) is 30.2 Å². The van der Waals surface area contributed by atoms with Crippen LogP contribution in [-0.2, 0) is 9.84 Å². The number of ether oxygens (including phenoxy) is 2. The molecule has 0 bridgehead atoms. The molecule has 0 fully saturated rings. The highest BCUT2D eigenvalue weighted by molar-refractivity contribution is 7.90. The van der Waals surface area contributed by atoms with Crippen molar-refractivity contribution in [2.75, 3.05) is 25.7 Å². The van der Waals surface area contributed by atoms with E-state index in [1.165, 1.54) is 6.26 Å². The van der Waals surface area contributed by atoms with Crippen LogP contribution in [-0.4, -0.2) is 34.1 Å². The maximum atomic E-state index is 11.9. The van der Waals surface area contributed by atoms with E-state index in [0.29, 0.717) is 18.1 Å². The van der Waals surface area contributed by atoms with Gasteiger partial charge in [0.1, 0.15) is 9.84 Å². The average Bonchev–Trinajstić information content (AvgIpc) is 2.53. The highest BCUT2D eigenvalue weighted by atomic mass is 32.2. The molecule has 0 aliphatic heterocycles. The minimum atomic E-state index is -3.13. The van der Waals surface area contributed by atoms with Crippen LogP contribution in [0.1, 0.15) is 24.0 Å². The molecular formula is C18H22O4S. The molecule has 0 aliphatic rings. The molecule has 0 spiro atoms. The third kappa shape index (κ3) is 4.73. The molecule has 1 unspecified atom stereocenters. The Morgan fingerprint density at radius 2 is 1.70 bits per heavy atom. The standard InChI is InChI=1S/C18H22O4S/c1-4-22-18-12-15(10-11-17(18)21-2)16(13-23(3,19)20)14-8-6-5-7-9-14/h5-12,16H,4,13H2,1-3H3. The van der Waals surface area contributed by atoms with Gasteiger partial charge >= 0.3 is 0 Å². The molecule has 0 aromatic heterocycles. The van der Waals surface area contributed by atoms with E-state index in [1.54, 1.807) is 7.11 Å². The molecule has 2 rings (SSSR count). The second-order valence-corrected chi connectivity index (χ2v) is 7.58. The number of hydrogen-bond donors (Lipinski definition) is 0. The molecule has 23 heavy (non-hydrogen) atoms. The predicted octanol–water partition coefficient (Wildman–Crippen LogP) is 3.27. The molecule has 2 aromatic carbocycles. The molecule has 2 aromatic rings. The van der Waals surface area contributed by atoms with Crippen molar-refractivity contribution in [3.8, 4) is 11.5 Å². The molecular weight excluding hydrogens is 312 g/mol. The van der Waals surface area contributed by atoms with E-state index in [0.717, 1.165) is 11.1 Å². The molecule has 0 amide bonds. The molecule has 1 atom stereocenters. The van der Waals surface area contributed by atoms with Crippen LogP contribution in [0.25, 0.3) is 0 Å². The fraction of sp³-hybridized carbons (Fsp3) is 0.333. The molecule has 5 heteroatoms. The van der Waals surface area contributed by atoms with E-state index in [2.05, 4.69) is 0 Å². The molecule has 0 radical (unpaired) electrons. The Morgan fingerprint density at radius 3 is 2.26 bits per heavy atom. The quantitative estimate of drug-likeness (QED) is 0.780. The SMILES string of the molecule is CCOc1cc(C(CS(C)(=O)=O)c2ccccc2)ccc1OC. The van der Waals surface area contributed by atoms with Gasteiger partial charge in [-0.1, -0.05) is 36.4 Å². The first-order chi connectivity index (χ1) is 10.9. The smallest absolute Gasteiger partial charge is 0.161 e. The van der Waals surface area contributed by atoms with Crippen LogP contribution in [0.4, 0.5) is 0 Å². The molecule has 0 saturated carbocycles. The van der Waals surface area contributed by atoms with Gasteiger partial charge in [0.15, 0.2) is 11.5 Å². The fourth-order valence-electron chi connectivity index (χ4n) is 2.55. The minimum absolute atomic E-state index is 0.0505. The summed E-state index contributed by atoms with van der Waals surface area (Å²) < 4.78 is 34.6. The lowest BCUT2D eigenvalue weighted by Gasteiger charge is -2.19. The monoisotopic (exact) mass is 334 g/mol. The summed E-state index contributed by atoms with van der Waals surface area (Å²) in [5.41, 5.74) is 1.86. The summed E-state index contributed by atoms with van der Waals surface area (Å²) >= 11 is 0. The van der Waals surface area contributed by atoms with Crippen LogP contribution in [0.5, 0.6) is 11.5 Å². The van der Waals surface area contributed by atoms with Crippen LogP contribution in [0.3, 0.4) is 0 Å². The summed E-state index contributed by atoms with van der Waals surface area (Å²) in [6.45, 7) is 2.42. The average molecular weight is 334 g/mol. The van der Waals surface area contributed by atoms with Gasteiger partial charge in [0.05, 0.1) is 19.5 Å². The van der Waals surface area contributed by atoms with Gasteiger partial charge in [0, 0.05) is 12.2 Å². The van der Waals surface area contributed by atoms with Crippen molar-refractivity contribution >= 4 is 9.84 Å². The van der Waals surface area contributed by atoms with Crippen LogP contribution in [0.15, 0.2) is 48.5 Å². The lowest BCUT2D eigenvalue weighted by atomic mass is 9.93. The van der Waals surface area contributed by atoms with Crippen molar-refractivity contribution < 1.29 is 17.9 Å². The summed E-state index contributed by atoms with van der Waals surface area (Å²) in [7, 11) is -1.55. The Bertz CT molecular complexity index is 739. The van der Waals surface area contributed by atoms with E-state index in [1.807, 2.05) is 55.5 Å². The van der Waals surface area contributed by atoms with Crippen molar-refractivity contribution in [3.05, 3.63) is 59.7 Å². The molecule has 124 valence electrons. The number of methoxy groups -OCH3 is 1. The van der Waals surface area contributed by atoms with Crippen molar-refractivity contribution in [3.63, 3.8) is 0 Å². The summed E-state index contributed by atoms with van der Waals surface area (Å²) in [5.74, 6) is 1.08. The Kier molecular flexibility index (Phi) is 5.66. The van der Waals surface area contributed by atoms with E-state index >= 15 is 0 Å². The number of hydrogen-bond acceptors (Lipinski definition) is 4. The third-order valence-electron chi connectivity index (χ3n) is 3.56. The second-order valence-electron chi connectivity index (χ2n) is 5.40. The molecule has 0 aliphatic carbocycles. The van der Waals surface area contributed by atoms with Crippen LogP contribution < -0.4 is 9.47 Å². The Labute approximate surface area is 138 Å². The molecule has 0 N–H and O–H groups in total.